The van der Waals surface area contributed by atoms with Gasteiger partial charge >= 0.3 is 6.09 Å². The molecule has 1 aromatic rings. The number of amides is 1. The van der Waals surface area contributed by atoms with Crippen LogP contribution < -0.4 is 4.90 Å². The van der Waals surface area contributed by atoms with Crippen LogP contribution in [-0.4, -0.2) is 47.8 Å². The highest BCUT2D eigenvalue weighted by molar-refractivity contribution is 9.10. The first kappa shape index (κ1) is 12.1. The fourth-order valence-electron chi connectivity index (χ4n) is 3.53. The highest BCUT2D eigenvalue weighted by Gasteiger charge is 2.56. The van der Waals surface area contributed by atoms with Gasteiger partial charge < -0.3 is 4.74 Å². The summed E-state index contributed by atoms with van der Waals surface area (Å²) in [6.07, 6.45) is 2.04. The molecular weight excluding hydrogens is 330 g/mol. The first-order valence-electron chi connectivity index (χ1n) is 6.50. The number of ether oxygens (including phenoxy) is 1. The van der Waals surface area contributed by atoms with Crippen molar-refractivity contribution in [3.63, 3.8) is 0 Å². The van der Waals surface area contributed by atoms with Crippen LogP contribution in [0.15, 0.2) is 9.98 Å². The number of hydrogen-bond acceptors (Lipinski definition) is 5. The Hall–Kier alpha value is -0.660. The molecule has 0 unspecified atom stereocenters. The highest BCUT2D eigenvalue weighted by Crippen LogP contribution is 2.43. The van der Waals surface area contributed by atoms with E-state index in [9.17, 15) is 4.79 Å². The topological polar surface area (TPSA) is 45.7 Å². The fraction of sp³-hybridized carbons (Fsp3) is 0.667. The van der Waals surface area contributed by atoms with Crippen LogP contribution in [0.5, 0.6) is 0 Å². The highest BCUT2D eigenvalue weighted by atomic mass is 79.9. The third-order valence-corrected chi connectivity index (χ3v) is 6.03. The van der Waals surface area contributed by atoms with Gasteiger partial charge in [0.25, 0.3) is 0 Å². The quantitative estimate of drug-likeness (QED) is 0.785. The minimum absolute atomic E-state index is 0.240. The maximum absolute atomic E-state index is 12.2. The van der Waals surface area contributed by atoms with E-state index in [4.69, 9.17) is 4.74 Å². The van der Waals surface area contributed by atoms with E-state index in [0.29, 0.717) is 12.5 Å². The maximum Gasteiger partial charge on any atom is 0.416 e. The minimum Gasteiger partial charge on any atom is -0.439 e. The Balaban J connectivity index is 1.63. The molecule has 0 aromatic carbocycles. The van der Waals surface area contributed by atoms with Crippen molar-refractivity contribution in [2.75, 3.05) is 31.1 Å². The Morgan fingerprint density at radius 1 is 1.42 bits per heavy atom. The number of carbonyl (C=O) groups is 1. The Kier molecular flexibility index (Phi) is 2.65. The third kappa shape index (κ3) is 1.82. The number of fused-ring (bicyclic) bond motifs is 2. The molecule has 1 atom stereocenters. The number of carbonyl (C=O) groups excluding carboxylic acids is 1. The van der Waals surface area contributed by atoms with E-state index in [-0.39, 0.29) is 11.7 Å². The molecule has 19 heavy (non-hydrogen) atoms. The average Bonchev–Trinajstić information content (AvgIpc) is 2.95. The van der Waals surface area contributed by atoms with Gasteiger partial charge in [0.1, 0.15) is 10.2 Å². The van der Waals surface area contributed by atoms with Gasteiger partial charge in [-0.3, -0.25) is 4.90 Å². The van der Waals surface area contributed by atoms with Crippen LogP contribution in [0.1, 0.15) is 12.8 Å². The molecule has 4 aliphatic heterocycles. The van der Waals surface area contributed by atoms with E-state index in [1.54, 1.807) is 4.90 Å². The number of thiazole rings is 1. The first-order valence-corrected chi connectivity index (χ1v) is 8.17. The van der Waals surface area contributed by atoms with Crippen LogP contribution in [0, 0.1) is 5.92 Å². The largest absolute Gasteiger partial charge is 0.439 e. The summed E-state index contributed by atoms with van der Waals surface area (Å²) in [6.45, 7) is 3.82. The van der Waals surface area contributed by atoms with Gasteiger partial charge in [-0.25, -0.2) is 14.7 Å². The molecule has 1 aromatic heterocycles. The van der Waals surface area contributed by atoms with Crippen molar-refractivity contribution >= 4 is 38.5 Å². The molecular formula is C12H14BrN3O2S. The average molecular weight is 344 g/mol. The van der Waals surface area contributed by atoms with Crippen molar-refractivity contribution in [1.29, 1.82) is 0 Å². The van der Waals surface area contributed by atoms with Gasteiger partial charge in [0.2, 0.25) is 0 Å². The molecule has 2 bridgehead atoms. The third-order valence-electron chi connectivity index (χ3n) is 4.45. The first-order chi connectivity index (χ1) is 9.16. The summed E-state index contributed by atoms with van der Waals surface area (Å²) in [5.74, 6) is 0.509. The molecule has 0 radical (unpaired) electrons. The zero-order chi connectivity index (χ0) is 13.0. The SMILES string of the molecule is O=C1O[C@]2(CN3CCC2CC3)CN1c1nc(Br)cs1. The van der Waals surface area contributed by atoms with Gasteiger partial charge in [0, 0.05) is 17.8 Å². The molecule has 4 fully saturated rings. The zero-order valence-electron chi connectivity index (χ0n) is 10.3. The molecule has 102 valence electrons. The normalized spacial score (nSPS) is 37.1. The van der Waals surface area contributed by atoms with Gasteiger partial charge in [-0.05, 0) is 41.9 Å². The Morgan fingerprint density at radius 3 is 2.79 bits per heavy atom. The Labute approximate surface area is 123 Å². The lowest BCUT2D eigenvalue weighted by Crippen LogP contribution is -2.61. The number of nitrogens with zero attached hydrogens (tertiary/aromatic N) is 3. The van der Waals surface area contributed by atoms with Crippen LogP contribution >= 0.6 is 27.3 Å². The van der Waals surface area contributed by atoms with E-state index >= 15 is 0 Å². The number of anilines is 1. The lowest BCUT2D eigenvalue weighted by atomic mass is 9.75. The van der Waals surface area contributed by atoms with Crippen LogP contribution in [-0.2, 0) is 4.74 Å². The van der Waals surface area contributed by atoms with Gasteiger partial charge in [0.15, 0.2) is 5.13 Å². The number of piperidine rings is 3. The minimum atomic E-state index is -0.300. The van der Waals surface area contributed by atoms with Gasteiger partial charge in [0.05, 0.1) is 6.54 Å². The number of halogens is 1. The predicted molar refractivity (Wildman–Crippen MR) is 75.5 cm³/mol. The molecule has 4 aliphatic rings. The van der Waals surface area contributed by atoms with Crippen LogP contribution in [0.2, 0.25) is 0 Å². The second-order valence-corrected chi connectivity index (χ2v) is 7.17. The number of rotatable bonds is 1. The van der Waals surface area contributed by atoms with Crippen molar-refractivity contribution in [2.24, 2.45) is 5.92 Å². The predicted octanol–water partition coefficient (Wildman–Crippen LogP) is 2.33. The molecule has 0 N–H and O–H groups in total. The van der Waals surface area contributed by atoms with Crippen molar-refractivity contribution in [3.8, 4) is 0 Å². The van der Waals surface area contributed by atoms with Crippen molar-refractivity contribution in [2.45, 2.75) is 18.4 Å². The molecule has 1 amide bonds. The molecule has 5 rings (SSSR count). The van der Waals surface area contributed by atoms with Gasteiger partial charge in [-0.15, -0.1) is 11.3 Å². The molecule has 1 spiro atoms. The van der Waals surface area contributed by atoms with E-state index in [2.05, 4.69) is 25.8 Å². The molecule has 5 heterocycles. The van der Waals surface area contributed by atoms with E-state index < -0.39 is 0 Å². The summed E-state index contributed by atoms with van der Waals surface area (Å²) in [5.41, 5.74) is -0.300. The second kappa shape index (κ2) is 4.17. The Bertz CT molecular complexity index is 529. The standard InChI is InChI=1S/C12H14BrN3O2S/c13-9-5-19-10(14-9)16-7-12(18-11(16)17)6-15-3-1-8(12)2-4-15/h5,8H,1-4,6-7H2/t12-/m1/s1. The maximum atomic E-state index is 12.2. The lowest BCUT2D eigenvalue weighted by Gasteiger charge is -2.49. The molecule has 7 heteroatoms. The van der Waals surface area contributed by atoms with Crippen LogP contribution in [0.25, 0.3) is 0 Å². The molecule has 0 aliphatic carbocycles. The summed E-state index contributed by atoms with van der Waals surface area (Å²) in [6, 6.07) is 0. The van der Waals surface area contributed by atoms with E-state index in [0.717, 1.165) is 42.2 Å². The lowest BCUT2D eigenvalue weighted by molar-refractivity contribution is -0.0881. The summed E-state index contributed by atoms with van der Waals surface area (Å²) in [4.78, 5) is 20.6. The van der Waals surface area contributed by atoms with Gasteiger partial charge in [-0.1, -0.05) is 0 Å². The monoisotopic (exact) mass is 343 g/mol. The second-order valence-electron chi connectivity index (χ2n) is 5.52. The van der Waals surface area contributed by atoms with Crippen LogP contribution in [0.4, 0.5) is 9.93 Å². The summed E-state index contributed by atoms with van der Waals surface area (Å²) in [7, 11) is 0. The van der Waals surface area contributed by atoms with Crippen molar-refractivity contribution in [1.82, 2.24) is 9.88 Å². The summed E-state index contributed by atoms with van der Waals surface area (Å²) < 4.78 is 6.57. The van der Waals surface area contributed by atoms with E-state index in [1.165, 1.54) is 11.3 Å². The molecule has 0 saturated carbocycles. The van der Waals surface area contributed by atoms with Crippen molar-refractivity contribution in [3.05, 3.63) is 9.98 Å². The zero-order valence-corrected chi connectivity index (χ0v) is 12.7. The summed E-state index contributed by atoms with van der Waals surface area (Å²) >= 11 is 4.80. The number of hydrogen-bond donors (Lipinski definition) is 0. The smallest absolute Gasteiger partial charge is 0.416 e. The molecule has 5 nitrogen and oxygen atoms in total. The van der Waals surface area contributed by atoms with Crippen molar-refractivity contribution < 1.29 is 9.53 Å². The van der Waals surface area contributed by atoms with Gasteiger partial charge in [-0.2, -0.15) is 0 Å². The number of aromatic nitrogens is 1. The molecule has 4 saturated heterocycles. The Morgan fingerprint density at radius 2 is 2.21 bits per heavy atom. The van der Waals surface area contributed by atoms with E-state index in [1.807, 2.05) is 5.38 Å². The van der Waals surface area contributed by atoms with Crippen LogP contribution in [0.3, 0.4) is 0 Å². The summed E-state index contributed by atoms with van der Waals surface area (Å²) in [5, 5.41) is 2.62. The fourth-order valence-corrected chi connectivity index (χ4v) is 4.77.